The van der Waals surface area contributed by atoms with Crippen LogP contribution in [0.2, 0.25) is 0 Å². The fourth-order valence-corrected chi connectivity index (χ4v) is 1.26. The SMILES string of the molecule is C=C[C@H](N)c1cccc(C(C)C)c1.Cl. The molecule has 78 valence electrons. The Labute approximate surface area is 92.4 Å². The second kappa shape index (κ2) is 5.84. The van der Waals surface area contributed by atoms with Gasteiger partial charge in [0.2, 0.25) is 0 Å². The van der Waals surface area contributed by atoms with Gasteiger partial charge in [-0.25, -0.2) is 0 Å². The van der Waals surface area contributed by atoms with E-state index in [4.69, 9.17) is 5.73 Å². The Morgan fingerprint density at radius 2 is 1.86 bits per heavy atom. The normalized spacial score (nSPS) is 12.0. The fourth-order valence-electron chi connectivity index (χ4n) is 1.26. The van der Waals surface area contributed by atoms with E-state index in [0.717, 1.165) is 5.56 Å². The molecule has 0 unspecified atom stereocenters. The summed E-state index contributed by atoms with van der Waals surface area (Å²) < 4.78 is 0. The van der Waals surface area contributed by atoms with Gasteiger partial charge in [0.1, 0.15) is 0 Å². The molecule has 1 nitrogen and oxygen atoms in total. The van der Waals surface area contributed by atoms with E-state index < -0.39 is 0 Å². The van der Waals surface area contributed by atoms with Crippen LogP contribution in [0.3, 0.4) is 0 Å². The van der Waals surface area contributed by atoms with Crippen LogP contribution >= 0.6 is 12.4 Å². The van der Waals surface area contributed by atoms with Crippen molar-refractivity contribution in [3.05, 3.63) is 48.0 Å². The second-order valence-electron chi connectivity index (χ2n) is 3.59. The first kappa shape index (κ1) is 13.2. The van der Waals surface area contributed by atoms with E-state index in [9.17, 15) is 0 Å². The van der Waals surface area contributed by atoms with Crippen LogP contribution in [-0.4, -0.2) is 0 Å². The predicted octanol–water partition coefficient (Wildman–Crippen LogP) is 3.42. The molecule has 1 aromatic carbocycles. The first-order valence-corrected chi connectivity index (χ1v) is 4.63. The molecule has 0 aliphatic heterocycles. The van der Waals surface area contributed by atoms with E-state index in [0.29, 0.717) is 5.92 Å². The van der Waals surface area contributed by atoms with Crippen molar-refractivity contribution in [1.82, 2.24) is 0 Å². The summed E-state index contributed by atoms with van der Waals surface area (Å²) in [7, 11) is 0. The first-order chi connectivity index (χ1) is 6.15. The lowest BCUT2D eigenvalue weighted by atomic mass is 9.98. The van der Waals surface area contributed by atoms with Crippen molar-refractivity contribution in [3.8, 4) is 0 Å². The standard InChI is InChI=1S/C12H17N.ClH/c1-4-12(13)11-7-5-6-10(8-11)9(2)3;/h4-9,12H,1,13H2,2-3H3;1H/t12-;/m0./s1. The van der Waals surface area contributed by atoms with Gasteiger partial charge in [0, 0.05) is 6.04 Å². The van der Waals surface area contributed by atoms with Crippen LogP contribution in [0.4, 0.5) is 0 Å². The maximum absolute atomic E-state index is 5.85. The zero-order valence-electron chi connectivity index (χ0n) is 8.73. The summed E-state index contributed by atoms with van der Waals surface area (Å²) >= 11 is 0. The summed E-state index contributed by atoms with van der Waals surface area (Å²) in [6.07, 6.45) is 1.76. The highest BCUT2D eigenvalue weighted by Crippen LogP contribution is 2.19. The third-order valence-corrected chi connectivity index (χ3v) is 2.22. The minimum atomic E-state index is -0.0429. The van der Waals surface area contributed by atoms with Crippen LogP contribution in [0.15, 0.2) is 36.9 Å². The molecule has 1 atom stereocenters. The molecule has 0 radical (unpaired) electrons. The highest BCUT2D eigenvalue weighted by Gasteiger charge is 2.03. The van der Waals surface area contributed by atoms with Crippen LogP contribution < -0.4 is 5.73 Å². The van der Waals surface area contributed by atoms with E-state index in [-0.39, 0.29) is 18.4 Å². The highest BCUT2D eigenvalue weighted by molar-refractivity contribution is 5.85. The molecule has 0 aliphatic rings. The van der Waals surface area contributed by atoms with Crippen LogP contribution in [0.25, 0.3) is 0 Å². The van der Waals surface area contributed by atoms with Gasteiger partial charge in [0.15, 0.2) is 0 Å². The van der Waals surface area contributed by atoms with Crippen molar-refractivity contribution < 1.29 is 0 Å². The summed E-state index contributed by atoms with van der Waals surface area (Å²) in [6.45, 7) is 8.04. The topological polar surface area (TPSA) is 26.0 Å². The predicted molar refractivity (Wildman–Crippen MR) is 64.9 cm³/mol. The average molecular weight is 212 g/mol. The van der Waals surface area contributed by atoms with Crippen LogP contribution in [0.5, 0.6) is 0 Å². The Kier molecular flexibility index (Phi) is 5.51. The van der Waals surface area contributed by atoms with Crippen LogP contribution in [0.1, 0.15) is 36.9 Å². The van der Waals surface area contributed by atoms with Gasteiger partial charge in [0.05, 0.1) is 0 Å². The zero-order valence-corrected chi connectivity index (χ0v) is 9.55. The van der Waals surface area contributed by atoms with Gasteiger partial charge >= 0.3 is 0 Å². The molecule has 0 amide bonds. The van der Waals surface area contributed by atoms with Crippen molar-refractivity contribution in [2.75, 3.05) is 0 Å². The largest absolute Gasteiger partial charge is 0.321 e. The van der Waals surface area contributed by atoms with Gasteiger partial charge in [-0.05, 0) is 17.0 Å². The lowest BCUT2D eigenvalue weighted by Crippen LogP contribution is -2.06. The smallest absolute Gasteiger partial charge is 0.0478 e. The van der Waals surface area contributed by atoms with Crippen molar-refractivity contribution in [2.45, 2.75) is 25.8 Å². The summed E-state index contributed by atoms with van der Waals surface area (Å²) in [4.78, 5) is 0. The molecule has 2 N–H and O–H groups in total. The van der Waals surface area contributed by atoms with Gasteiger partial charge in [-0.2, -0.15) is 0 Å². The van der Waals surface area contributed by atoms with Gasteiger partial charge < -0.3 is 5.73 Å². The second-order valence-corrected chi connectivity index (χ2v) is 3.59. The van der Waals surface area contributed by atoms with E-state index in [1.54, 1.807) is 6.08 Å². The highest BCUT2D eigenvalue weighted by atomic mass is 35.5. The molecule has 0 saturated carbocycles. The van der Waals surface area contributed by atoms with Gasteiger partial charge in [0.25, 0.3) is 0 Å². The maximum atomic E-state index is 5.85. The van der Waals surface area contributed by atoms with E-state index >= 15 is 0 Å². The third-order valence-electron chi connectivity index (χ3n) is 2.22. The quantitative estimate of drug-likeness (QED) is 0.762. The molecule has 0 heterocycles. The van der Waals surface area contributed by atoms with E-state index in [2.05, 4.69) is 32.6 Å². The Morgan fingerprint density at radius 1 is 1.29 bits per heavy atom. The first-order valence-electron chi connectivity index (χ1n) is 4.63. The molecule has 0 aromatic heterocycles. The number of benzene rings is 1. The van der Waals surface area contributed by atoms with Crippen LogP contribution in [-0.2, 0) is 0 Å². The minimum absolute atomic E-state index is 0. The van der Waals surface area contributed by atoms with Crippen molar-refractivity contribution in [2.24, 2.45) is 5.73 Å². The lowest BCUT2D eigenvalue weighted by molar-refractivity contribution is 0.849. The van der Waals surface area contributed by atoms with Gasteiger partial charge in [-0.15, -0.1) is 19.0 Å². The summed E-state index contributed by atoms with van der Waals surface area (Å²) in [5, 5.41) is 0. The number of hydrogen-bond donors (Lipinski definition) is 1. The van der Waals surface area contributed by atoms with Crippen molar-refractivity contribution in [1.29, 1.82) is 0 Å². The molecule has 0 fully saturated rings. The minimum Gasteiger partial charge on any atom is -0.321 e. The summed E-state index contributed by atoms with van der Waals surface area (Å²) in [5.41, 5.74) is 8.31. The van der Waals surface area contributed by atoms with Crippen molar-refractivity contribution in [3.63, 3.8) is 0 Å². The molecule has 1 aromatic rings. The molecule has 14 heavy (non-hydrogen) atoms. The Hall–Kier alpha value is -0.790. The van der Waals surface area contributed by atoms with Crippen LogP contribution in [0, 0.1) is 0 Å². The Morgan fingerprint density at radius 3 is 2.36 bits per heavy atom. The van der Waals surface area contributed by atoms with Gasteiger partial charge in [-0.1, -0.05) is 44.2 Å². The fraction of sp³-hybridized carbons (Fsp3) is 0.333. The third kappa shape index (κ3) is 3.17. The number of nitrogens with two attached hydrogens (primary N) is 1. The number of hydrogen-bond acceptors (Lipinski definition) is 1. The lowest BCUT2D eigenvalue weighted by Gasteiger charge is -2.10. The average Bonchev–Trinajstić information content (AvgIpc) is 2.17. The van der Waals surface area contributed by atoms with E-state index in [1.165, 1.54) is 5.56 Å². The summed E-state index contributed by atoms with van der Waals surface area (Å²) in [6, 6.07) is 8.33. The van der Waals surface area contributed by atoms with E-state index in [1.807, 2.05) is 12.1 Å². The van der Waals surface area contributed by atoms with Gasteiger partial charge in [-0.3, -0.25) is 0 Å². The molecular formula is C12H18ClN. The molecular weight excluding hydrogens is 194 g/mol. The molecule has 1 rings (SSSR count). The Bertz CT molecular complexity index is 294. The molecule has 2 heteroatoms. The van der Waals surface area contributed by atoms with Crippen molar-refractivity contribution >= 4 is 12.4 Å². The maximum Gasteiger partial charge on any atom is 0.0478 e. The monoisotopic (exact) mass is 211 g/mol. The number of rotatable bonds is 3. The zero-order chi connectivity index (χ0) is 9.84. The number of halogens is 1. The molecule has 0 saturated heterocycles. The molecule has 0 aliphatic carbocycles. The Balaban J connectivity index is 0.00000169. The molecule has 0 bridgehead atoms. The summed E-state index contributed by atoms with van der Waals surface area (Å²) in [5.74, 6) is 0.553. The molecule has 0 spiro atoms.